The Hall–Kier alpha value is -3.69. The van der Waals surface area contributed by atoms with Crippen LogP contribution in [0.2, 0.25) is 0 Å². The van der Waals surface area contributed by atoms with Crippen LogP contribution in [0.5, 0.6) is 0 Å². The zero-order valence-electron chi connectivity index (χ0n) is 22.4. The number of hydrogen-bond donors (Lipinski definition) is 1. The third kappa shape index (κ3) is 4.30. The van der Waals surface area contributed by atoms with Crippen molar-refractivity contribution in [2.75, 3.05) is 13.2 Å². The monoisotopic (exact) mass is 531 g/mol. The lowest BCUT2D eigenvalue weighted by atomic mass is 9.86. The Bertz CT molecular complexity index is 1680. The Balaban J connectivity index is 1.72. The molecule has 1 aliphatic heterocycles. The Labute approximate surface area is 225 Å². The van der Waals surface area contributed by atoms with Gasteiger partial charge < -0.3 is 14.4 Å². The van der Waals surface area contributed by atoms with E-state index in [1.54, 1.807) is 36.9 Å². The van der Waals surface area contributed by atoms with E-state index in [9.17, 15) is 9.50 Å². The van der Waals surface area contributed by atoms with Crippen LogP contribution in [0.3, 0.4) is 0 Å². The number of aryl methyl sites for hydroxylation is 2. The molecule has 1 aliphatic rings. The van der Waals surface area contributed by atoms with E-state index in [1.165, 1.54) is 0 Å². The number of benzene rings is 2. The van der Waals surface area contributed by atoms with Gasteiger partial charge in [-0.25, -0.2) is 13.5 Å². The van der Waals surface area contributed by atoms with Crippen LogP contribution in [0.4, 0.5) is 8.78 Å². The van der Waals surface area contributed by atoms with Crippen LogP contribution in [0.25, 0.3) is 33.2 Å². The van der Waals surface area contributed by atoms with Crippen LogP contribution in [0.15, 0.2) is 48.7 Å². The van der Waals surface area contributed by atoms with Crippen LogP contribution in [0, 0.1) is 24.5 Å². The molecule has 0 amide bonds. The van der Waals surface area contributed by atoms with Crippen LogP contribution in [0.1, 0.15) is 49.6 Å². The van der Waals surface area contributed by atoms with Gasteiger partial charge in [-0.3, -0.25) is 4.98 Å². The van der Waals surface area contributed by atoms with Gasteiger partial charge in [-0.05, 0) is 63.3 Å². The van der Waals surface area contributed by atoms with Crippen LogP contribution in [-0.2, 0) is 17.4 Å². The third-order valence-corrected chi connectivity index (χ3v) is 7.91. The van der Waals surface area contributed by atoms with Gasteiger partial charge in [0.05, 0.1) is 39.6 Å². The van der Waals surface area contributed by atoms with E-state index < -0.39 is 23.3 Å². The molecule has 0 bridgehead atoms. The first-order valence-electron chi connectivity index (χ1n) is 13.2. The number of aromatic nitrogens is 5. The van der Waals surface area contributed by atoms with Gasteiger partial charge in [0.15, 0.2) is 11.6 Å². The predicted molar refractivity (Wildman–Crippen MR) is 145 cm³/mol. The first kappa shape index (κ1) is 25.6. The summed E-state index contributed by atoms with van der Waals surface area (Å²) in [6.07, 6.45) is 3.20. The van der Waals surface area contributed by atoms with Crippen molar-refractivity contribution >= 4 is 21.9 Å². The minimum atomic E-state index is -1.09. The molecule has 6 rings (SSSR count). The highest BCUT2D eigenvalue weighted by atomic mass is 19.2. The van der Waals surface area contributed by atoms with Crippen molar-refractivity contribution in [3.63, 3.8) is 0 Å². The van der Waals surface area contributed by atoms with Crippen molar-refractivity contribution in [1.82, 2.24) is 24.5 Å². The maximum Gasteiger partial charge on any atom is 0.164 e. The number of ether oxygens (including phenoxy) is 1. The molecule has 1 atom stereocenters. The molecule has 1 fully saturated rings. The SMILES string of the molecule is Cc1nnn(C)c1-c1cnc2c3ccc(C(C)(C)O)cc3n([C@H](c3cccc(F)c3F)C3CCOCC3)c2c1. The fourth-order valence-electron chi connectivity index (χ4n) is 5.96. The molecule has 1 N–H and O–H groups in total. The average molecular weight is 532 g/mol. The highest BCUT2D eigenvalue weighted by molar-refractivity contribution is 6.07. The second-order valence-electron chi connectivity index (χ2n) is 10.9. The molecule has 0 unspecified atom stereocenters. The number of aliphatic hydroxyl groups is 1. The van der Waals surface area contributed by atoms with E-state index in [4.69, 9.17) is 9.72 Å². The molecule has 0 spiro atoms. The largest absolute Gasteiger partial charge is 0.386 e. The Morgan fingerprint density at radius 1 is 1.08 bits per heavy atom. The number of halogens is 2. The number of hydrogen-bond acceptors (Lipinski definition) is 5. The first-order chi connectivity index (χ1) is 18.6. The normalized spacial score (nSPS) is 15.9. The van der Waals surface area contributed by atoms with Crippen molar-refractivity contribution in [2.45, 2.75) is 45.3 Å². The molecule has 5 aromatic rings. The number of rotatable bonds is 5. The van der Waals surface area contributed by atoms with Crippen molar-refractivity contribution in [2.24, 2.45) is 13.0 Å². The van der Waals surface area contributed by atoms with Crippen LogP contribution in [-0.4, -0.2) is 42.9 Å². The second-order valence-corrected chi connectivity index (χ2v) is 10.9. The summed E-state index contributed by atoms with van der Waals surface area (Å²) in [5.41, 5.74) is 4.67. The summed E-state index contributed by atoms with van der Waals surface area (Å²) in [7, 11) is 1.83. The zero-order chi connectivity index (χ0) is 27.5. The zero-order valence-corrected chi connectivity index (χ0v) is 22.4. The number of fused-ring (bicyclic) bond motifs is 3. The fraction of sp³-hybridized carbons (Fsp3) is 0.367. The summed E-state index contributed by atoms with van der Waals surface area (Å²) < 4.78 is 39.7. The Morgan fingerprint density at radius 3 is 2.54 bits per heavy atom. The molecule has 4 heterocycles. The van der Waals surface area contributed by atoms with Gasteiger partial charge in [-0.15, -0.1) is 5.10 Å². The lowest BCUT2D eigenvalue weighted by Crippen LogP contribution is -2.28. The van der Waals surface area contributed by atoms with Gasteiger partial charge in [0, 0.05) is 43.0 Å². The van der Waals surface area contributed by atoms with Gasteiger partial charge in [0.2, 0.25) is 0 Å². The van der Waals surface area contributed by atoms with Crippen molar-refractivity contribution < 1.29 is 18.6 Å². The second kappa shape index (κ2) is 9.50. The number of nitrogens with zero attached hydrogens (tertiary/aromatic N) is 5. The molecule has 39 heavy (non-hydrogen) atoms. The molecule has 0 radical (unpaired) electrons. The Kier molecular flexibility index (Phi) is 6.23. The molecule has 9 heteroatoms. The van der Waals surface area contributed by atoms with Gasteiger partial charge in [0.1, 0.15) is 0 Å². The Morgan fingerprint density at radius 2 is 1.85 bits per heavy atom. The van der Waals surface area contributed by atoms with Gasteiger partial charge in [0.25, 0.3) is 0 Å². The third-order valence-electron chi connectivity index (χ3n) is 7.91. The van der Waals surface area contributed by atoms with Crippen molar-refractivity contribution in [3.8, 4) is 11.3 Å². The van der Waals surface area contributed by atoms with E-state index in [1.807, 2.05) is 38.2 Å². The molecular weight excluding hydrogens is 500 g/mol. The van der Waals surface area contributed by atoms with E-state index in [2.05, 4.69) is 14.9 Å². The molecule has 2 aromatic carbocycles. The molecule has 0 saturated carbocycles. The highest BCUT2D eigenvalue weighted by Crippen LogP contribution is 2.43. The number of pyridine rings is 1. The minimum absolute atomic E-state index is 0.0107. The maximum atomic E-state index is 15.6. The lowest BCUT2D eigenvalue weighted by Gasteiger charge is -2.33. The van der Waals surface area contributed by atoms with Crippen LogP contribution >= 0.6 is 0 Å². The predicted octanol–water partition coefficient (Wildman–Crippen LogP) is 5.82. The van der Waals surface area contributed by atoms with E-state index in [0.29, 0.717) is 26.1 Å². The van der Waals surface area contributed by atoms with E-state index in [-0.39, 0.29) is 11.5 Å². The quantitative estimate of drug-likeness (QED) is 0.310. The summed E-state index contributed by atoms with van der Waals surface area (Å²) in [5, 5.41) is 20.1. The molecule has 3 aromatic heterocycles. The molecule has 1 saturated heterocycles. The smallest absolute Gasteiger partial charge is 0.164 e. The topological polar surface area (TPSA) is 78.0 Å². The van der Waals surface area contributed by atoms with Gasteiger partial charge >= 0.3 is 0 Å². The van der Waals surface area contributed by atoms with E-state index >= 15 is 4.39 Å². The highest BCUT2D eigenvalue weighted by Gasteiger charge is 2.33. The lowest BCUT2D eigenvalue weighted by molar-refractivity contribution is 0.0547. The summed E-state index contributed by atoms with van der Waals surface area (Å²) in [6.45, 7) is 6.46. The first-order valence-corrected chi connectivity index (χ1v) is 13.2. The fourth-order valence-corrected chi connectivity index (χ4v) is 5.96. The molecule has 0 aliphatic carbocycles. The van der Waals surface area contributed by atoms with Crippen molar-refractivity contribution in [3.05, 3.63) is 77.1 Å². The molecule has 202 valence electrons. The van der Waals surface area contributed by atoms with Crippen LogP contribution < -0.4 is 0 Å². The summed E-state index contributed by atoms with van der Waals surface area (Å²) in [6, 6.07) is 11.7. The van der Waals surface area contributed by atoms with Gasteiger partial charge in [-0.1, -0.05) is 29.5 Å². The van der Waals surface area contributed by atoms with Gasteiger partial charge in [-0.2, -0.15) is 0 Å². The summed E-state index contributed by atoms with van der Waals surface area (Å²) >= 11 is 0. The molecule has 7 nitrogen and oxygen atoms in total. The van der Waals surface area contributed by atoms with E-state index in [0.717, 1.165) is 50.5 Å². The standard InChI is InChI=1S/C30H31F2N5O2/c1-17-28(36(4)35-34-17)19-14-25-27(33-16-19)21-9-8-20(30(2,3)38)15-24(21)37(25)29(18-10-12-39-13-11-18)22-6-5-7-23(31)26(22)32/h5-9,14-16,18,29,38H,10-13H2,1-4H3/t29-/m0/s1. The average Bonchev–Trinajstić information content (AvgIpc) is 3.42. The maximum absolute atomic E-state index is 15.6. The summed E-state index contributed by atoms with van der Waals surface area (Å²) in [4.78, 5) is 4.88. The summed E-state index contributed by atoms with van der Waals surface area (Å²) in [5.74, 6) is -1.74. The van der Waals surface area contributed by atoms with Crippen molar-refractivity contribution in [1.29, 1.82) is 0 Å². The molecular formula is C30H31F2N5O2. The minimum Gasteiger partial charge on any atom is -0.386 e.